The zero-order chi connectivity index (χ0) is 25.9. The van der Waals surface area contributed by atoms with Gasteiger partial charge in [0.25, 0.3) is 17.4 Å². The van der Waals surface area contributed by atoms with Gasteiger partial charge in [0.05, 0.1) is 29.0 Å². The van der Waals surface area contributed by atoms with Gasteiger partial charge in [0.1, 0.15) is 5.69 Å². The molecular weight excluding hydrogens is 487 g/mol. The summed E-state index contributed by atoms with van der Waals surface area (Å²) in [5.74, 6) is -1.08. The Kier molecular flexibility index (Phi) is 7.71. The van der Waals surface area contributed by atoms with Crippen LogP contribution in [0, 0.1) is 6.92 Å². The number of nitrogens with one attached hydrogen (secondary N) is 3. The van der Waals surface area contributed by atoms with E-state index in [1.165, 1.54) is 10.7 Å². The molecule has 0 fully saturated rings. The molecule has 2 amide bonds. The van der Waals surface area contributed by atoms with Crippen molar-refractivity contribution in [3.05, 3.63) is 75.2 Å². The lowest BCUT2D eigenvalue weighted by atomic mass is 10.2. The summed E-state index contributed by atoms with van der Waals surface area (Å²) in [6.07, 6.45) is -4.66. The van der Waals surface area contributed by atoms with Gasteiger partial charge in [-0.25, -0.2) is 4.68 Å². The third kappa shape index (κ3) is 6.11. The predicted octanol–water partition coefficient (Wildman–Crippen LogP) is 2.25. The fraction of sp³-hybridized carbons (Fsp3) is 0.261. The summed E-state index contributed by atoms with van der Waals surface area (Å²) in [5, 5.41) is 4.51. The van der Waals surface area contributed by atoms with Gasteiger partial charge in [-0.2, -0.15) is 13.2 Å². The molecule has 3 aromatic rings. The van der Waals surface area contributed by atoms with Gasteiger partial charge in [-0.3, -0.25) is 19.1 Å². The molecule has 3 N–H and O–H groups in total. The zero-order valence-electron chi connectivity index (χ0n) is 19.2. The third-order valence-electron chi connectivity index (χ3n) is 5.30. The normalized spacial score (nSPS) is 12.3. The van der Waals surface area contributed by atoms with E-state index in [2.05, 4.69) is 10.6 Å². The van der Waals surface area contributed by atoms with E-state index in [0.29, 0.717) is 16.3 Å². The van der Waals surface area contributed by atoms with Crippen molar-refractivity contribution in [3.8, 4) is 5.69 Å². The highest BCUT2D eigenvalue weighted by Gasteiger charge is 2.33. The average molecular weight is 511 g/mol. The lowest BCUT2D eigenvalue weighted by molar-refractivity contribution is -0.862. The zero-order valence-corrected chi connectivity index (χ0v) is 19.9. The van der Waals surface area contributed by atoms with Gasteiger partial charge in [0.2, 0.25) is 0 Å². The van der Waals surface area contributed by atoms with Crippen LogP contribution in [-0.2, 0) is 22.8 Å². The topological polar surface area (TPSA) is 89.6 Å². The molecule has 0 saturated carbocycles. The number of hydrogen-bond donors (Lipinski definition) is 3. The molecule has 12 heteroatoms. The quantitative estimate of drug-likeness (QED) is 0.455. The first-order valence-electron chi connectivity index (χ1n) is 10.5. The number of carbonyl (C=O) groups excluding carboxylic acids is 2. The summed E-state index contributed by atoms with van der Waals surface area (Å²) in [5.41, 5.74) is -0.214. The fourth-order valence-electron chi connectivity index (χ4n) is 3.53. The lowest BCUT2D eigenvalue weighted by Gasteiger charge is -2.15. The Morgan fingerprint density at radius 3 is 2.23 bits per heavy atom. The molecule has 0 bridgehead atoms. The van der Waals surface area contributed by atoms with Crippen LogP contribution in [0.15, 0.2) is 53.3 Å². The second-order valence-corrected chi connectivity index (χ2v) is 8.44. The van der Waals surface area contributed by atoms with Gasteiger partial charge in [-0.1, -0.05) is 29.8 Å². The highest BCUT2D eigenvalue weighted by atomic mass is 35.5. The number of rotatable bonds is 7. The number of amides is 2. The van der Waals surface area contributed by atoms with Gasteiger partial charge < -0.3 is 15.5 Å². The Morgan fingerprint density at radius 1 is 1.03 bits per heavy atom. The highest BCUT2D eigenvalue weighted by Crippen LogP contribution is 2.36. The summed E-state index contributed by atoms with van der Waals surface area (Å²) >= 11 is 5.59. The van der Waals surface area contributed by atoms with Crippen LogP contribution in [0.4, 0.5) is 24.5 Å². The maximum Gasteiger partial charge on any atom is 0.417 e. The average Bonchev–Trinajstić information content (AvgIpc) is 2.97. The standard InChI is InChI=1S/C23H23ClF3N5O3/c1-14-21(22(35)32(31(14)3)16-7-5-4-6-8-16)29-20(34)13-30(2)12-19(33)28-15-9-10-18(24)17(11-15)23(25,26)27/h4-11H,12-13H2,1-3H3,(H,28,33)(H,29,34)/p+1. The number of alkyl halides is 3. The molecule has 186 valence electrons. The first-order valence-corrected chi connectivity index (χ1v) is 10.9. The van der Waals surface area contributed by atoms with Crippen molar-refractivity contribution >= 4 is 34.8 Å². The van der Waals surface area contributed by atoms with E-state index in [9.17, 15) is 27.6 Å². The van der Waals surface area contributed by atoms with Gasteiger partial charge in [0, 0.05) is 12.7 Å². The second kappa shape index (κ2) is 10.4. The van der Waals surface area contributed by atoms with E-state index in [1.807, 2.05) is 6.07 Å². The third-order valence-corrected chi connectivity index (χ3v) is 5.63. The molecule has 1 aromatic heterocycles. The molecular formula is C23H24ClF3N5O3+. The molecule has 0 spiro atoms. The maximum atomic E-state index is 13.0. The van der Waals surface area contributed by atoms with Crippen LogP contribution in [0.1, 0.15) is 11.3 Å². The molecule has 8 nitrogen and oxygen atoms in total. The number of quaternary nitrogens is 1. The number of likely N-dealkylation sites (N-methyl/N-ethyl adjacent to an activating group) is 1. The van der Waals surface area contributed by atoms with E-state index in [1.54, 1.807) is 50.0 Å². The molecule has 1 heterocycles. The van der Waals surface area contributed by atoms with Gasteiger partial charge >= 0.3 is 6.18 Å². The van der Waals surface area contributed by atoms with Crippen LogP contribution in [0.2, 0.25) is 5.02 Å². The largest absolute Gasteiger partial charge is 0.417 e. The summed E-state index contributed by atoms with van der Waals surface area (Å²) in [7, 11) is 3.27. The lowest BCUT2D eigenvalue weighted by Crippen LogP contribution is -3.11. The summed E-state index contributed by atoms with van der Waals surface area (Å²) in [6.45, 7) is 1.35. The Balaban J connectivity index is 1.63. The molecule has 0 saturated heterocycles. The Morgan fingerprint density at radius 2 is 1.63 bits per heavy atom. The minimum atomic E-state index is -4.66. The van der Waals surface area contributed by atoms with Gasteiger partial charge in [0.15, 0.2) is 13.1 Å². The van der Waals surface area contributed by atoms with E-state index in [-0.39, 0.29) is 24.5 Å². The van der Waals surface area contributed by atoms with Gasteiger partial charge in [-0.05, 0) is 37.3 Å². The monoisotopic (exact) mass is 510 g/mol. The number of hydrogen-bond acceptors (Lipinski definition) is 3. The highest BCUT2D eigenvalue weighted by molar-refractivity contribution is 6.31. The Bertz CT molecular complexity index is 1300. The number of aromatic nitrogens is 2. The fourth-order valence-corrected chi connectivity index (χ4v) is 3.76. The van der Waals surface area contributed by atoms with Crippen LogP contribution in [0.25, 0.3) is 5.69 Å². The number of para-hydroxylation sites is 1. The molecule has 2 aromatic carbocycles. The molecule has 0 aliphatic rings. The van der Waals surface area contributed by atoms with Crippen molar-refractivity contribution in [2.24, 2.45) is 7.05 Å². The van der Waals surface area contributed by atoms with Crippen LogP contribution in [0.3, 0.4) is 0 Å². The van der Waals surface area contributed by atoms with E-state index in [0.717, 1.165) is 12.1 Å². The molecule has 0 aliphatic heterocycles. The Labute approximate surface area is 203 Å². The van der Waals surface area contributed by atoms with E-state index in [4.69, 9.17) is 11.6 Å². The first-order chi connectivity index (χ1) is 16.4. The molecule has 0 radical (unpaired) electrons. The SMILES string of the molecule is Cc1c(NC(=O)C[NH+](C)CC(=O)Nc2ccc(Cl)c(C(F)(F)F)c2)c(=O)n(-c2ccccc2)n1C. The smallest absolute Gasteiger partial charge is 0.322 e. The first kappa shape index (κ1) is 26.0. The second-order valence-electron chi connectivity index (χ2n) is 8.04. The predicted molar refractivity (Wildman–Crippen MR) is 126 cm³/mol. The molecule has 1 atom stereocenters. The maximum absolute atomic E-state index is 13.0. The number of halogens is 4. The summed E-state index contributed by atoms with van der Waals surface area (Å²) in [4.78, 5) is 38.2. The minimum Gasteiger partial charge on any atom is -0.322 e. The number of carbonyl (C=O) groups is 2. The van der Waals surface area contributed by atoms with Crippen LogP contribution in [-0.4, -0.2) is 41.3 Å². The van der Waals surface area contributed by atoms with Crippen molar-refractivity contribution in [1.82, 2.24) is 9.36 Å². The number of benzene rings is 2. The van der Waals surface area contributed by atoms with Gasteiger partial charge in [-0.15, -0.1) is 0 Å². The van der Waals surface area contributed by atoms with Crippen molar-refractivity contribution in [1.29, 1.82) is 0 Å². The van der Waals surface area contributed by atoms with Crippen LogP contribution in [0.5, 0.6) is 0 Å². The molecule has 35 heavy (non-hydrogen) atoms. The molecule has 0 aliphatic carbocycles. The molecule has 1 unspecified atom stereocenters. The van der Waals surface area contributed by atoms with Crippen molar-refractivity contribution < 1.29 is 27.7 Å². The Hall–Kier alpha value is -3.57. The van der Waals surface area contributed by atoms with Crippen LogP contribution >= 0.6 is 11.6 Å². The van der Waals surface area contributed by atoms with E-state index >= 15 is 0 Å². The summed E-state index contributed by atoms with van der Waals surface area (Å²) < 4.78 is 42.1. The number of anilines is 2. The van der Waals surface area contributed by atoms with E-state index < -0.39 is 34.1 Å². The molecule has 3 rings (SSSR count). The van der Waals surface area contributed by atoms with Crippen molar-refractivity contribution in [2.45, 2.75) is 13.1 Å². The minimum absolute atomic E-state index is 0.0645. The van der Waals surface area contributed by atoms with Crippen molar-refractivity contribution in [2.75, 3.05) is 30.8 Å². The van der Waals surface area contributed by atoms with Crippen molar-refractivity contribution in [3.63, 3.8) is 0 Å². The summed E-state index contributed by atoms with van der Waals surface area (Å²) in [6, 6.07) is 12.0. The van der Waals surface area contributed by atoms with Crippen LogP contribution < -0.4 is 21.1 Å². The number of nitrogens with zero attached hydrogens (tertiary/aromatic N) is 2.